The summed E-state index contributed by atoms with van der Waals surface area (Å²) < 4.78 is 38.4. The van der Waals surface area contributed by atoms with E-state index in [1.54, 1.807) is 0 Å². The van der Waals surface area contributed by atoms with E-state index < -0.39 is 17.7 Å². The maximum atomic E-state index is 12.8. The number of fused-ring (bicyclic) bond motifs is 1. The maximum absolute atomic E-state index is 12.8. The van der Waals surface area contributed by atoms with Crippen molar-refractivity contribution in [3.63, 3.8) is 0 Å². The predicted octanol–water partition coefficient (Wildman–Crippen LogP) is 4.09. The molecule has 2 N–H and O–H groups in total. The lowest BCUT2D eigenvalue weighted by Gasteiger charge is -2.12. The molecule has 1 aromatic carbocycles. The second-order valence-corrected chi connectivity index (χ2v) is 4.96. The molecule has 0 aliphatic carbocycles. The van der Waals surface area contributed by atoms with Gasteiger partial charge in [0.1, 0.15) is 5.69 Å². The molecule has 0 spiro atoms. The van der Waals surface area contributed by atoms with Crippen LogP contribution in [0.3, 0.4) is 0 Å². The molecule has 2 aromatic heterocycles. The molecule has 0 aliphatic rings. The van der Waals surface area contributed by atoms with Gasteiger partial charge in [-0.05, 0) is 30.3 Å². The first-order chi connectivity index (χ1) is 11.3. The molecule has 0 amide bonds. The van der Waals surface area contributed by atoms with Gasteiger partial charge in [-0.1, -0.05) is 6.07 Å². The van der Waals surface area contributed by atoms with Gasteiger partial charge in [-0.3, -0.25) is 4.98 Å². The van der Waals surface area contributed by atoms with E-state index in [4.69, 9.17) is 5.11 Å². The van der Waals surface area contributed by atoms with Crippen LogP contribution < -0.4 is 5.32 Å². The minimum absolute atomic E-state index is 0.166. The van der Waals surface area contributed by atoms with Crippen LogP contribution in [0, 0.1) is 0 Å². The Kier molecular flexibility index (Phi) is 3.80. The number of halogens is 3. The summed E-state index contributed by atoms with van der Waals surface area (Å²) in [5.41, 5.74) is -0.139. The minimum atomic E-state index is -4.45. The summed E-state index contributed by atoms with van der Waals surface area (Å²) in [6.07, 6.45) is -1.59. The minimum Gasteiger partial charge on any atom is -0.477 e. The van der Waals surface area contributed by atoms with Crippen molar-refractivity contribution in [2.75, 3.05) is 5.32 Å². The van der Waals surface area contributed by atoms with Gasteiger partial charge in [-0.15, -0.1) is 0 Å². The van der Waals surface area contributed by atoms with Gasteiger partial charge in [0, 0.05) is 17.3 Å². The highest BCUT2D eigenvalue weighted by molar-refractivity contribution is 5.95. The molecule has 3 aromatic rings. The van der Waals surface area contributed by atoms with Gasteiger partial charge in [-0.2, -0.15) is 13.2 Å². The van der Waals surface area contributed by atoms with Gasteiger partial charge in [-0.25, -0.2) is 9.78 Å². The van der Waals surface area contributed by atoms with E-state index in [0.29, 0.717) is 16.6 Å². The number of rotatable bonds is 3. The maximum Gasteiger partial charge on any atom is 0.416 e. The molecule has 0 saturated carbocycles. The number of nitrogens with zero attached hydrogens (tertiary/aromatic N) is 2. The molecule has 3 rings (SSSR count). The molecule has 2 heterocycles. The SMILES string of the molecule is O=C(O)c1ccc2cncc(Nc3cccc(C(F)(F)F)c3)c2n1. The van der Waals surface area contributed by atoms with Gasteiger partial charge < -0.3 is 10.4 Å². The number of aromatic carboxylic acids is 1. The van der Waals surface area contributed by atoms with E-state index in [-0.39, 0.29) is 11.4 Å². The zero-order valence-corrected chi connectivity index (χ0v) is 12.0. The van der Waals surface area contributed by atoms with E-state index in [9.17, 15) is 18.0 Å². The number of hydrogen-bond acceptors (Lipinski definition) is 4. The van der Waals surface area contributed by atoms with Gasteiger partial charge in [0.05, 0.1) is 23.0 Å². The Hall–Kier alpha value is -3.16. The lowest BCUT2D eigenvalue weighted by atomic mass is 10.1. The third-order valence-electron chi connectivity index (χ3n) is 3.29. The number of carboxylic acids is 1. The first-order valence-electron chi connectivity index (χ1n) is 6.77. The van der Waals surface area contributed by atoms with Crippen LogP contribution in [0.25, 0.3) is 10.9 Å². The Labute approximate surface area is 133 Å². The van der Waals surface area contributed by atoms with Crippen molar-refractivity contribution >= 4 is 28.2 Å². The zero-order chi connectivity index (χ0) is 17.3. The van der Waals surface area contributed by atoms with E-state index in [0.717, 1.165) is 12.1 Å². The number of alkyl halides is 3. The molecule has 0 unspecified atom stereocenters. The fourth-order valence-corrected chi connectivity index (χ4v) is 2.18. The standard InChI is InChI=1S/C16H10F3N3O2/c17-16(18,19)10-2-1-3-11(6-10)21-13-8-20-7-9-4-5-12(15(23)24)22-14(9)13/h1-8,21H,(H,23,24). The first-order valence-corrected chi connectivity index (χ1v) is 6.77. The van der Waals surface area contributed by atoms with Crippen LogP contribution >= 0.6 is 0 Å². The Bertz CT molecular complexity index is 926. The molecule has 8 heteroatoms. The van der Waals surface area contributed by atoms with Crippen LogP contribution in [-0.2, 0) is 6.18 Å². The average Bonchev–Trinajstić information content (AvgIpc) is 2.54. The molecular formula is C16H10F3N3O2. The summed E-state index contributed by atoms with van der Waals surface area (Å²) in [5, 5.41) is 12.4. The quantitative estimate of drug-likeness (QED) is 0.755. The van der Waals surface area contributed by atoms with Gasteiger partial charge in [0.2, 0.25) is 0 Å². The normalized spacial score (nSPS) is 11.5. The van der Waals surface area contributed by atoms with Crippen molar-refractivity contribution in [2.45, 2.75) is 6.18 Å². The Morgan fingerprint density at radius 1 is 1.12 bits per heavy atom. The molecule has 0 fully saturated rings. The summed E-state index contributed by atoms with van der Waals surface area (Å²) in [6.45, 7) is 0. The van der Waals surface area contributed by atoms with Crippen LogP contribution in [0.15, 0.2) is 48.8 Å². The molecule has 5 nitrogen and oxygen atoms in total. The van der Waals surface area contributed by atoms with Crippen molar-refractivity contribution in [1.82, 2.24) is 9.97 Å². The molecule has 0 radical (unpaired) electrons. The van der Waals surface area contributed by atoms with E-state index >= 15 is 0 Å². The second kappa shape index (κ2) is 5.80. The topological polar surface area (TPSA) is 75.1 Å². The van der Waals surface area contributed by atoms with E-state index in [1.165, 1.54) is 36.7 Å². The highest BCUT2D eigenvalue weighted by Gasteiger charge is 2.30. The van der Waals surface area contributed by atoms with Crippen LogP contribution in [0.2, 0.25) is 0 Å². The summed E-state index contributed by atoms with van der Waals surface area (Å²) in [7, 11) is 0. The Balaban J connectivity index is 2.04. The number of nitrogens with one attached hydrogen (secondary N) is 1. The zero-order valence-electron chi connectivity index (χ0n) is 12.0. The van der Waals surface area contributed by atoms with Crippen molar-refractivity contribution in [1.29, 1.82) is 0 Å². The second-order valence-electron chi connectivity index (χ2n) is 4.96. The fourth-order valence-electron chi connectivity index (χ4n) is 2.18. The highest BCUT2D eigenvalue weighted by Crippen LogP contribution is 2.32. The van der Waals surface area contributed by atoms with E-state index in [1.807, 2.05) is 0 Å². The van der Waals surface area contributed by atoms with Gasteiger partial charge >= 0.3 is 12.1 Å². The molecular weight excluding hydrogens is 323 g/mol. The molecule has 0 saturated heterocycles. The lowest BCUT2D eigenvalue weighted by molar-refractivity contribution is -0.137. The summed E-state index contributed by atoms with van der Waals surface area (Å²) in [6, 6.07) is 7.54. The van der Waals surface area contributed by atoms with Crippen molar-refractivity contribution in [2.24, 2.45) is 0 Å². The van der Waals surface area contributed by atoms with Crippen molar-refractivity contribution in [3.8, 4) is 0 Å². The van der Waals surface area contributed by atoms with Gasteiger partial charge in [0.15, 0.2) is 0 Å². The number of carboxylic acid groups (broad SMARTS) is 1. The smallest absolute Gasteiger partial charge is 0.416 e. The molecule has 122 valence electrons. The number of benzene rings is 1. The summed E-state index contributed by atoms with van der Waals surface area (Å²) in [4.78, 5) is 19.0. The molecule has 24 heavy (non-hydrogen) atoms. The number of anilines is 2. The highest BCUT2D eigenvalue weighted by atomic mass is 19.4. The Morgan fingerprint density at radius 2 is 1.92 bits per heavy atom. The number of pyridine rings is 2. The van der Waals surface area contributed by atoms with Crippen molar-refractivity contribution < 1.29 is 23.1 Å². The largest absolute Gasteiger partial charge is 0.477 e. The average molecular weight is 333 g/mol. The van der Waals surface area contributed by atoms with Crippen molar-refractivity contribution in [3.05, 3.63) is 60.0 Å². The molecule has 0 aliphatic heterocycles. The third kappa shape index (κ3) is 3.12. The third-order valence-corrected chi connectivity index (χ3v) is 3.29. The Morgan fingerprint density at radius 3 is 2.62 bits per heavy atom. The fraction of sp³-hybridized carbons (Fsp3) is 0.0625. The number of carbonyl (C=O) groups is 1. The first kappa shape index (κ1) is 15.7. The van der Waals surface area contributed by atoms with Crippen LogP contribution in [0.1, 0.15) is 16.1 Å². The molecule has 0 bridgehead atoms. The summed E-state index contributed by atoms with van der Waals surface area (Å²) >= 11 is 0. The lowest BCUT2D eigenvalue weighted by Crippen LogP contribution is -2.05. The van der Waals surface area contributed by atoms with Gasteiger partial charge in [0.25, 0.3) is 0 Å². The summed E-state index contributed by atoms with van der Waals surface area (Å²) in [5.74, 6) is -1.20. The number of hydrogen-bond donors (Lipinski definition) is 2. The predicted molar refractivity (Wildman–Crippen MR) is 81.2 cm³/mol. The molecule has 0 atom stereocenters. The van der Waals surface area contributed by atoms with Crippen LogP contribution in [0.4, 0.5) is 24.5 Å². The monoisotopic (exact) mass is 333 g/mol. The van der Waals surface area contributed by atoms with E-state index in [2.05, 4.69) is 15.3 Å². The van der Waals surface area contributed by atoms with Crippen LogP contribution in [0.5, 0.6) is 0 Å². The number of aromatic nitrogens is 2. The van der Waals surface area contributed by atoms with Crippen LogP contribution in [-0.4, -0.2) is 21.0 Å².